The molecule has 1 atom stereocenters. The number of methoxy groups -OCH3 is 1. The fourth-order valence-electron chi connectivity index (χ4n) is 3.66. The summed E-state index contributed by atoms with van der Waals surface area (Å²) in [6.45, 7) is 0. The van der Waals surface area contributed by atoms with Crippen molar-refractivity contribution < 1.29 is 9.53 Å². The number of nitrogens with one attached hydrogen (secondary N) is 2. The fourth-order valence-corrected chi connectivity index (χ4v) is 3.66. The minimum absolute atomic E-state index is 0.00508. The molecule has 0 saturated carbocycles. The second-order valence-electron chi connectivity index (χ2n) is 6.56. The molecular weight excluding hydrogens is 326 g/mol. The molecule has 1 unspecified atom stereocenters. The number of hydrogen-bond donors (Lipinski definition) is 2. The highest BCUT2D eigenvalue weighted by molar-refractivity contribution is 5.99. The quantitative estimate of drug-likeness (QED) is 0.757. The van der Waals surface area contributed by atoms with Gasteiger partial charge in [-0.15, -0.1) is 0 Å². The van der Waals surface area contributed by atoms with E-state index in [1.807, 2.05) is 18.2 Å². The normalized spacial score (nSPS) is 15.9. The van der Waals surface area contributed by atoms with Crippen molar-refractivity contribution in [2.45, 2.75) is 25.3 Å². The van der Waals surface area contributed by atoms with Crippen LogP contribution in [0.5, 0.6) is 5.75 Å². The number of H-pyrrole nitrogens is 1. The molecule has 2 aromatic carbocycles. The number of ether oxygens (including phenoxy) is 1. The van der Waals surface area contributed by atoms with E-state index in [0.717, 1.165) is 41.5 Å². The van der Waals surface area contributed by atoms with Crippen molar-refractivity contribution >= 4 is 16.8 Å². The number of aromatic amines is 1. The molecule has 1 aromatic heterocycles. The first-order chi connectivity index (χ1) is 12.7. The maximum atomic E-state index is 12.8. The summed E-state index contributed by atoms with van der Waals surface area (Å²) in [5.74, 6) is 0.725. The van der Waals surface area contributed by atoms with Gasteiger partial charge < -0.3 is 15.0 Å². The summed E-state index contributed by atoms with van der Waals surface area (Å²) >= 11 is 0. The lowest BCUT2D eigenvalue weighted by atomic mass is 9.87. The fraction of sp³-hybridized carbons (Fsp3) is 0.238. The number of benzene rings is 2. The van der Waals surface area contributed by atoms with Crippen molar-refractivity contribution in [1.29, 1.82) is 5.26 Å². The van der Waals surface area contributed by atoms with Gasteiger partial charge in [0.15, 0.2) is 0 Å². The predicted molar refractivity (Wildman–Crippen MR) is 99.2 cm³/mol. The lowest BCUT2D eigenvalue weighted by Gasteiger charge is -2.27. The van der Waals surface area contributed by atoms with Crippen molar-refractivity contribution in [2.75, 3.05) is 7.11 Å². The summed E-state index contributed by atoms with van der Waals surface area (Å²) in [7, 11) is 1.66. The highest BCUT2D eigenvalue weighted by Crippen LogP contribution is 2.32. The molecule has 5 nitrogen and oxygen atoms in total. The number of amides is 1. The lowest BCUT2D eigenvalue weighted by molar-refractivity contribution is 0.0933. The van der Waals surface area contributed by atoms with Gasteiger partial charge in [-0.05, 0) is 60.7 Å². The molecule has 0 fully saturated rings. The maximum absolute atomic E-state index is 12.8. The molecule has 0 aliphatic heterocycles. The molecule has 5 heteroatoms. The van der Waals surface area contributed by atoms with Gasteiger partial charge in [-0.1, -0.05) is 6.07 Å². The highest BCUT2D eigenvalue weighted by atomic mass is 16.5. The first-order valence-electron chi connectivity index (χ1n) is 8.68. The van der Waals surface area contributed by atoms with E-state index in [-0.39, 0.29) is 11.9 Å². The van der Waals surface area contributed by atoms with E-state index in [4.69, 9.17) is 4.74 Å². The van der Waals surface area contributed by atoms with Crippen LogP contribution < -0.4 is 10.1 Å². The molecule has 1 aliphatic carbocycles. The Labute approximate surface area is 151 Å². The molecule has 1 aliphatic rings. The van der Waals surface area contributed by atoms with Crippen LogP contribution >= 0.6 is 0 Å². The van der Waals surface area contributed by atoms with Crippen molar-refractivity contribution in [3.05, 3.63) is 64.8 Å². The second kappa shape index (κ2) is 6.57. The van der Waals surface area contributed by atoms with Gasteiger partial charge in [0, 0.05) is 22.7 Å². The Kier molecular flexibility index (Phi) is 4.10. The third-order valence-electron chi connectivity index (χ3n) is 5.03. The molecule has 26 heavy (non-hydrogen) atoms. The van der Waals surface area contributed by atoms with E-state index in [1.54, 1.807) is 25.4 Å². The summed E-state index contributed by atoms with van der Waals surface area (Å²) in [5.41, 5.74) is 4.35. The number of aromatic nitrogens is 1. The number of aryl methyl sites for hydroxylation is 1. The number of hydrogen-bond acceptors (Lipinski definition) is 3. The molecule has 3 aromatic rings. The smallest absolute Gasteiger partial charge is 0.251 e. The second-order valence-corrected chi connectivity index (χ2v) is 6.56. The van der Waals surface area contributed by atoms with Gasteiger partial charge in [-0.25, -0.2) is 0 Å². The van der Waals surface area contributed by atoms with Gasteiger partial charge in [0.1, 0.15) is 11.8 Å². The molecule has 0 saturated heterocycles. The summed E-state index contributed by atoms with van der Waals surface area (Å²) < 4.78 is 5.30. The Morgan fingerprint density at radius 2 is 2.19 bits per heavy atom. The number of nitrogens with zero attached hydrogens (tertiary/aromatic N) is 1. The average Bonchev–Trinajstić information content (AvgIpc) is 3.10. The van der Waals surface area contributed by atoms with Crippen molar-refractivity contribution in [3.63, 3.8) is 0 Å². The molecule has 1 amide bonds. The Hall–Kier alpha value is -3.26. The Morgan fingerprint density at radius 3 is 3.00 bits per heavy atom. The van der Waals surface area contributed by atoms with Crippen LogP contribution in [0.2, 0.25) is 0 Å². The van der Waals surface area contributed by atoms with Crippen molar-refractivity contribution in [3.8, 4) is 11.8 Å². The van der Waals surface area contributed by atoms with Crippen LogP contribution in [0.1, 0.15) is 45.9 Å². The van der Waals surface area contributed by atoms with E-state index < -0.39 is 0 Å². The van der Waals surface area contributed by atoms with E-state index in [2.05, 4.69) is 22.4 Å². The van der Waals surface area contributed by atoms with Crippen LogP contribution in [-0.4, -0.2) is 18.0 Å². The monoisotopic (exact) mass is 345 g/mol. The number of fused-ring (bicyclic) bond motifs is 2. The van der Waals surface area contributed by atoms with Crippen LogP contribution in [-0.2, 0) is 6.42 Å². The largest absolute Gasteiger partial charge is 0.497 e. The van der Waals surface area contributed by atoms with E-state index >= 15 is 0 Å². The van der Waals surface area contributed by atoms with Gasteiger partial charge >= 0.3 is 0 Å². The van der Waals surface area contributed by atoms with Gasteiger partial charge in [-0.3, -0.25) is 4.79 Å². The number of nitriles is 1. The predicted octanol–water partition coefficient (Wildman–Crippen LogP) is 3.86. The standard InChI is InChI=1S/C21H19N3O2/c1-26-16-6-7-17-13(9-16)3-2-4-20(17)24-21(25)14-5-8-19-18(10-14)15(11-22)12-23-19/h5-10,12,20,23H,2-4H2,1H3,(H,24,25). The Bertz CT molecular complexity index is 1030. The molecular formula is C21H19N3O2. The third kappa shape index (κ3) is 2.80. The van der Waals surface area contributed by atoms with Gasteiger partial charge in [-0.2, -0.15) is 5.26 Å². The van der Waals surface area contributed by atoms with E-state index in [9.17, 15) is 10.1 Å². The number of carbonyl (C=O) groups is 1. The zero-order chi connectivity index (χ0) is 18.1. The summed E-state index contributed by atoms with van der Waals surface area (Å²) in [6.07, 6.45) is 4.61. The topological polar surface area (TPSA) is 77.9 Å². The van der Waals surface area contributed by atoms with Crippen molar-refractivity contribution in [2.24, 2.45) is 0 Å². The molecule has 0 bridgehead atoms. The minimum atomic E-state index is -0.120. The summed E-state index contributed by atoms with van der Waals surface area (Å²) in [5, 5.41) is 13.1. The van der Waals surface area contributed by atoms with Crippen molar-refractivity contribution in [1.82, 2.24) is 10.3 Å². The first-order valence-corrected chi connectivity index (χ1v) is 8.68. The third-order valence-corrected chi connectivity index (χ3v) is 5.03. The van der Waals surface area contributed by atoms with E-state index in [0.29, 0.717) is 11.1 Å². The highest BCUT2D eigenvalue weighted by Gasteiger charge is 2.23. The summed E-state index contributed by atoms with van der Waals surface area (Å²) in [6, 6.07) is 13.6. The van der Waals surface area contributed by atoms with Crippen LogP contribution in [0.4, 0.5) is 0 Å². The lowest BCUT2D eigenvalue weighted by Crippen LogP contribution is -2.31. The number of carbonyl (C=O) groups excluding carboxylic acids is 1. The molecule has 130 valence electrons. The Morgan fingerprint density at radius 1 is 1.31 bits per heavy atom. The van der Waals surface area contributed by atoms with Gasteiger partial charge in [0.2, 0.25) is 0 Å². The van der Waals surface area contributed by atoms with E-state index in [1.165, 1.54) is 5.56 Å². The maximum Gasteiger partial charge on any atom is 0.251 e. The molecule has 0 radical (unpaired) electrons. The first kappa shape index (κ1) is 16.2. The van der Waals surface area contributed by atoms with Crippen LogP contribution in [0.15, 0.2) is 42.6 Å². The Balaban J connectivity index is 1.60. The van der Waals surface area contributed by atoms with Gasteiger partial charge in [0.25, 0.3) is 5.91 Å². The average molecular weight is 345 g/mol. The zero-order valence-corrected chi connectivity index (χ0v) is 14.5. The zero-order valence-electron chi connectivity index (χ0n) is 14.5. The van der Waals surface area contributed by atoms with Crippen LogP contribution in [0.3, 0.4) is 0 Å². The summed E-state index contributed by atoms with van der Waals surface area (Å²) in [4.78, 5) is 15.8. The molecule has 2 N–H and O–H groups in total. The molecule has 1 heterocycles. The van der Waals surface area contributed by atoms with Crippen LogP contribution in [0, 0.1) is 11.3 Å². The van der Waals surface area contributed by atoms with Gasteiger partial charge in [0.05, 0.1) is 18.7 Å². The minimum Gasteiger partial charge on any atom is -0.497 e. The molecule has 4 rings (SSSR count). The number of rotatable bonds is 3. The molecule has 0 spiro atoms. The SMILES string of the molecule is COc1ccc2c(c1)CCCC2NC(=O)c1ccc2[nH]cc(C#N)c2c1. The van der Waals surface area contributed by atoms with Crippen LogP contribution in [0.25, 0.3) is 10.9 Å².